The van der Waals surface area contributed by atoms with Crippen LogP contribution in [-0.4, -0.2) is 41.2 Å². The number of thiophene rings is 1. The van der Waals surface area contributed by atoms with E-state index < -0.39 is 0 Å². The second-order valence-corrected chi connectivity index (χ2v) is 10.7. The summed E-state index contributed by atoms with van der Waals surface area (Å²) in [4.78, 5) is 31.8. The third-order valence-electron chi connectivity index (χ3n) is 6.68. The fourth-order valence-corrected chi connectivity index (χ4v) is 5.73. The van der Waals surface area contributed by atoms with E-state index in [0.717, 1.165) is 37.7 Å². The van der Waals surface area contributed by atoms with E-state index >= 15 is 0 Å². The van der Waals surface area contributed by atoms with Crippen molar-refractivity contribution in [2.75, 3.05) is 19.6 Å². The largest absolute Gasteiger partial charge is 0.333 e. The lowest BCUT2D eigenvalue weighted by Crippen LogP contribution is -2.47. The van der Waals surface area contributed by atoms with E-state index in [1.165, 1.54) is 36.1 Å². The van der Waals surface area contributed by atoms with Crippen LogP contribution in [0.5, 0.6) is 0 Å². The monoisotopic (exact) mass is 502 g/mol. The van der Waals surface area contributed by atoms with Gasteiger partial charge in [0.25, 0.3) is 0 Å². The van der Waals surface area contributed by atoms with Gasteiger partial charge in [0.1, 0.15) is 0 Å². The molecule has 0 N–H and O–H groups in total. The quantitative estimate of drug-likeness (QED) is 0.270. The Hall–Kier alpha value is -1.85. The third kappa shape index (κ3) is 7.32. The van der Waals surface area contributed by atoms with Crippen molar-refractivity contribution in [3.8, 4) is 0 Å². The topological polar surface area (TPSA) is 40.6 Å². The van der Waals surface area contributed by atoms with Crippen LogP contribution in [0.1, 0.15) is 93.7 Å². The molecule has 1 aliphatic rings. The zero-order valence-electron chi connectivity index (χ0n) is 20.7. The SMILES string of the molecule is CCCCCCCCC(=O)N(CCCC)CC(=O)N1CCc2sccc2C1c1ccc(Cl)cc1. The molecule has 1 aromatic carbocycles. The lowest BCUT2D eigenvalue weighted by molar-refractivity contribution is -0.141. The molecule has 1 aliphatic heterocycles. The third-order valence-corrected chi connectivity index (χ3v) is 7.93. The molecule has 0 spiro atoms. The standard InChI is InChI=1S/C28H39ClN2O2S/c1-3-5-7-8-9-10-11-26(32)30(18-6-4-2)21-27(33)31-19-16-25-24(17-20-34-25)28(31)22-12-14-23(29)15-13-22/h12-15,17,20,28H,3-11,16,18-19,21H2,1-2H3. The average molecular weight is 503 g/mol. The van der Waals surface area contributed by atoms with E-state index in [1.807, 2.05) is 29.2 Å². The molecule has 0 saturated heterocycles. The van der Waals surface area contributed by atoms with Crippen molar-refractivity contribution in [2.24, 2.45) is 0 Å². The van der Waals surface area contributed by atoms with Crippen molar-refractivity contribution >= 4 is 34.8 Å². The van der Waals surface area contributed by atoms with Gasteiger partial charge in [0.05, 0.1) is 12.6 Å². The van der Waals surface area contributed by atoms with E-state index in [2.05, 4.69) is 25.3 Å². The van der Waals surface area contributed by atoms with Crippen LogP contribution in [0, 0.1) is 0 Å². The predicted molar refractivity (Wildman–Crippen MR) is 143 cm³/mol. The van der Waals surface area contributed by atoms with Crippen molar-refractivity contribution in [3.05, 3.63) is 56.7 Å². The van der Waals surface area contributed by atoms with E-state index in [0.29, 0.717) is 24.5 Å². The van der Waals surface area contributed by atoms with Gasteiger partial charge in [-0.3, -0.25) is 9.59 Å². The fraction of sp³-hybridized carbons (Fsp3) is 0.571. The van der Waals surface area contributed by atoms with Crippen molar-refractivity contribution in [1.29, 1.82) is 0 Å². The molecule has 0 saturated carbocycles. The minimum Gasteiger partial charge on any atom is -0.333 e. The van der Waals surface area contributed by atoms with Crippen molar-refractivity contribution in [1.82, 2.24) is 9.80 Å². The van der Waals surface area contributed by atoms with Crippen LogP contribution in [0.25, 0.3) is 0 Å². The number of amides is 2. The Balaban J connectivity index is 1.69. The maximum Gasteiger partial charge on any atom is 0.242 e. The van der Waals surface area contributed by atoms with Crippen LogP contribution in [0.4, 0.5) is 0 Å². The van der Waals surface area contributed by atoms with E-state index in [1.54, 1.807) is 16.2 Å². The minimum atomic E-state index is -0.124. The summed E-state index contributed by atoms with van der Waals surface area (Å²) in [6.07, 6.45) is 10.3. The molecule has 0 aliphatic carbocycles. The molecule has 0 bridgehead atoms. The first-order chi connectivity index (χ1) is 16.5. The number of carbonyl (C=O) groups excluding carboxylic acids is 2. The summed E-state index contributed by atoms with van der Waals surface area (Å²) >= 11 is 7.89. The fourth-order valence-electron chi connectivity index (χ4n) is 4.70. The number of hydrogen-bond donors (Lipinski definition) is 0. The zero-order valence-corrected chi connectivity index (χ0v) is 22.3. The van der Waals surface area contributed by atoms with Gasteiger partial charge >= 0.3 is 0 Å². The molecule has 0 radical (unpaired) electrons. The Morgan fingerprint density at radius 1 is 1.00 bits per heavy atom. The molecule has 0 fully saturated rings. The Labute approximate surface area is 214 Å². The highest BCUT2D eigenvalue weighted by Gasteiger charge is 2.33. The number of carbonyl (C=O) groups is 2. The first kappa shape index (κ1) is 26.7. The van der Waals surface area contributed by atoms with Gasteiger partial charge in [-0.25, -0.2) is 0 Å². The highest BCUT2D eigenvalue weighted by atomic mass is 35.5. The molecule has 2 amide bonds. The number of nitrogens with zero attached hydrogens (tertiary/aromatic N) is 2. The van der Waals surface area contributed by atoms with Gasteiger partial charge in [-0.05, 0) is 54.0 Å². The number of unbranched alkanes of at least 4 members (excludes halogenated alkanes) is 6. The first-order valence-electron chi connectivity index (χ1n) is 12.9. The van der Waals surface area contributed by atoms with Crippen LogP contribution in [-0.2, 0) is 16.0 Å². The number of fused-ring (bicyclic) bond motifs is 1. The summed E-state index contributed by atoms with van der Waals surface area (Å²) in [5.74, 6) is 0.151. The molecule has 2 heterocycles. The molecule has 1 aromatic heterocycles. The highest BCUT2D eigenvalue weighted by molar-refractivity contribution is 7.10. The summed E-state index contributed by atoms with van der Waals surface area (Å²) in [7, 11) is 0. The van der Waals surface area contributed by atoms with Gasteiger partial charge < -0.3 is 9.80 Å². The molecular weight excluding hydrogens is 464 g/mol. The zero-order chi connectivity index (χ0) is 24.3. The van der Waals surface area contributed by atoms with Gasteiger partial charge in [0.2, 0.25) is 11.8 Å². The molecule has 4 nitrogen and oxygen atoms in total. The van der Waals surface area contributed by atoms with E-state index in [-0.39, 0.29) is 24.4 Å². The highest BCUT2D eigenvalue weighted by Crippen LogP contribution is 2.38. The molecule has 34 heavy (non-hydrogen) atoms. The molecule has 2 aromatic rings. The summed E-state index contributed by atoms with van der Waals surface area (Å²) < 4.78 is 0. The van der Waals surface area contributed by atoms with Crippen molar-refractivity contribution < 1.29 is 9.59 Å². The smallest absolute Gasteiger partial charge is 0.242 e. The van der Waals surface area contributed by atoms with E-state index in [4.69, 9.17) is 11.6 Å². The molecular formula is C28H39ClN2O2S. The molecule has 6 heteroatoms. The van der Waals surface area contributed by atoms with Gasteiger partial charge in [0.15, 0.2) is 0 Å². The Kier molecular flexibility index (Phi) is 10.9. The van der Waals surface area contributed by atoms with Crippen LogP contribution in [0.3, 0.4) is 0 Å². The molecule has 1 atom stereocenters. The first-order valence-corrected chi connectivity index (χ1v) is 14.2. The van der Waals surface area contributed by atoms with E-state index in [9.17, 15) is 9.59 Å². The minimum absolute atomic E-state index is 0.0317. The molecule has 1 unspecified atom stereocenters. The van der Waals surface area contributed by atoms with Gasteiger partial charge in [0, 0.05) is 29.4 Å². The number of rotatable bonds is 13. The summed E-state index contributed by atoms with van der Waals surface area (Å²) in [5, 5.41) is 2.80. The lowest BCUT2D eigenvalue weighted by Gasteiger charge is -2.37. The van der Waals surface area contributed by atoms with Crippen molar-refractivity contribution in [3.63, 3.8) is 0 Å². The average Bonchev–Trinajstić information content (AvgIpc) is 3.32. The van der Waals surface area contributed by atoms with Gasteiger partial charge in [-0.2, -0.15) is 0 Å². The number of benzene rings is 1. The van der Waals surface area contributed by atoms with Gasteiger partial charge in [-0.1, -0.05) is 76.1 Å². The van der Waals surface area contributed by atoms with Crippen LogP contribution in [0.15, 0.2) is 35.7 Å². The van der Waals surface area contributed by atoms with Crippen LogP contribution >= 0.6 is 22.9 Å². The number of halogens is 1. The Morgan fingerprint density at radius 2 is 1.71 bits per heavy atom. The predicted octanol–water partition coefficient (Wildman–Crippen LogP) is 7.25. The maximum atomic E-state index is 13.6. The van der Waals surface area contributed by atoms with Crippen LogP contribution in [0.2, 0.25) is 5.02 Å². The Morgan fingerprint density at radius 3 is 2.44 bits per heavy atom. The second kappa shape index (κ2) is 13.9. The molecule has 186 valence electrons. The van der Waals surface area contributed by atoms with Gasteiger partial charge in [-0.15, -0.1) is 11.3 Å². The normalized spacial score (nSPS) is 15.3. The summed E-state index contributed by atoms with van der Waals surface area (Å²) in [5.41, 5.74) is 2.26. The summed E-state index contributed by atoms with van der Waals surface area (Å²) in [6, 6.07) is 9.81. The Bertz CT molecular complexity index is 911. The second-order valence-electron chi connectivity index (χ2n) is 9.28. The van der Waals surface area contributed by atoms with Crippen molar-refractivity contribution in [2.45, 2.75) is 84.1 Å². The van der Waals surface area contributed by atoms with Crippen LogP contribution < -0.4 is 0 Å². The number of hydrogen-bond acceptors (Lipinski definition) is 3. The lowest BCUT2D eigenvalue weighted by atomic mass is 9.93. The summed E-state index contributed by atoms with van der Waals surface area (Å²) in [6.45, 7) is 5.83. The maximum absolute atomic E-state index is 13.6. The molecule has 3 rings (SSSR count).